The van der Waals surface area contributed by atoms with Crippen LogP contribution in [0.3, 0.4) is 0 Å². The number of esters is 1. The van der Waals surface area contributed by atoms with Crippen molar-refractivity contribution in [2.75, 3.05) is 19.6 Å². The smallest absolute Gasteiger partial charge is 0.416 e. The quantitative estimate of drug-likeness (QED) is 0.237. The molecule has 4 nitrogen and oxygen atoms in total. The highest BCUT2D eigenvalue weighted by atomic mass is 19.4. The highest BCUT2D eigenvalue weighted by molar-refractivity contribution is 5.73. The number of alkyl halides is 6. The minimum absolute atomic E-state index is 0.0114. The number of hydrogen-bond acceptors (Lipinski definition) is 4. The normalized spacial score (nSPS) is 24.6. The summed E-state index contributed by atoms with van der Waals surface area (Å²) in [7, 11) is 0. The Morgan fingerprint density at radius 1 is 0.929 bits per heavy atom. The number of nitrogens with zero attached hydrogens (tertiary/aromatic N) is 1. The molecule has 1 saturated heterocycles. The molecule has 1 heterocycles. The summed E-state index contributed by atoms with van der Waals surface area (Å²) in [6, 6.07) is 7.41. The van der Waals surface area contributed by atoms with Crippen LogP contribution in [0.4, 0.5) is 30.7 Å². The van der Waals surface area contributed by atoms with Gasteiger partial charge in [0.05, 0.1) is 29.3 Å². The molecule has 0 radical (unpaired) electrons. The van der Waals surface area contributed by atoms with Crippen LogP contribution >= 0.6 is 0 Å². The van der Waals surface area contributed by atoms with Gasteiger partial charge in [0.1, 0.15) is 11.4 Å². The highest BCUT2D eigenvalue weighted by Gasteiger charge is 2.42. The largest absolute Gasteiger partial charge is 0.460 e. The molecule has 2 aromatic rings. The van der Waals surface area contributed by atoms with Crippen molar-refractivity contribution < 1.29 is 45.0 Å². The van der Waals surface area contributed by atoms with E-state index in [-0.39, 0.29) is 35.4 Å². The molecule has 2 aromatic carbocycles. The van der Waals surface area contributed by atoms with Crippen molar-refractivity contribution in [1.82, 2.24) is 4.90 Å². The molecule has 3 unspecified atom stereocenters. The number of carbonyl (C=O) groups excluding carboxylic acids is 1. The summed E-state index contributed by atoms with van der Waals surface area (Å²) in [6.07, 6.45) is -9.66. The lowest BCUT2D eigenvalue weighted by Gasteiger charge is -2.31. The SMILES string of the molecule is C[C@H](OC1CCC(CN2CC[C@@H](C(=O)OC(C)(C)C)C2)C1c1ccc(F)cc1)c1cc(C(F)(F)F)cc(C(F)(F)F)c1. The maximum atomic E-state index is 13.8. The number of benzene rings is 2. The van der Waals surface area contributed by atoms with Crippen molar-refractivity contribution in [2.24, 2.45) is 11.8 Å². The number of carbonyl (C=O) groups is 1. The third kappa shape index (κ3) is 8.03. The Morgan fingerprint density at radius 2 is 1.52 bits per heavy atom. The zero-order chi connectivity index (χ0) is 31.0. The van der Waals surface area contributed by atoms with Crippen LogP contribution < -0.4 is 0 Å². The van der Waals surface area contributed by atoms with Crippen LogP contribution in [0.5, 0.6) is 0 Å². The summed E-state index contributed by atoms with van der Waals surface area (Å²) < 4.78 is 106. The van der Waals surface area contributed by atoms with Crippen molar-refractivity contribution in [3.05, 3.63) is 70.5 Å². The van der Waals surface area contributed by atoms with Gasteiger partial charge in [0.2, 0.25) is 0 Å². The lowest BCUT2D eigenvalue weighted by molar-refractivity contribution is -0.159. The minimum Gasteiger partial charge on any atom is -0.460 e. The van der Waals surface area contributed by atoms with Gasteiger partial charge in [-0.3, -0.25) is 4.79 Å². The fourth-order valence-corrected chi connectivity index (χ4v) is 6.03. The minimum atomic E-state index is -4.96. The van der Waals surface area contributed by atoms with E-state index in [9.17, 15) is 35.5 Å². The topological polar surface area (TPSA) is 38.8 Å². The van der Waals surface area contributed by atoms with Crippen LogP contribution in [-0.4, -0.2) is 42.2 Å². The molecule has 2 aliphatic rings. The molecule has 1 saturated carbocycles. The van der Waals surface area contributed by atoms with Crippen molar-refractivity contribution in [3.63, 3.8) is 0 Å². The van der Waals surface area contributed by atoms with Gasteiger partial charge in [0, 0.05) is 19.0 Å². The van der Waals surface area contributed by atoms with E-state index in [1.165, 1.54) is 19.1 Å². The molecule has 5 atom stereocenters. The molecular formula is C31H36F7NO3. The van der Waals surface area contributed by atoms with Crippen molar-refractivity contribution in [2.45, 2.75) is 83.0 Å². The molecule has 42 heavy (non-hydrogen) atoms. The van der Waals surface area contributed by atoms with E-state index in [0.717, 1.165) is 5.56 Å². The Bertz CT molecular complexity index is 1200. The van der Waals surface area contributed by atoms with E-state index >= 15 is 0 Å². The van der Waals surface area contributed by atoms with E-state index in [4.69, 9.17) is 9.47 Å². The van der Waals surface area contributed by atoms with Crippen LogP contribution in [0.25, 0.3) is 0 Å². The summed E-state index contributed by atoms with van der Waals surface area (Å²) >= 11 is 0. The zero-order valence-corrected chi connectivity index (χ0v) is 24.0. The van der Waals surface area contributed by atoms with Crippen LogP contribution in [0.15, 0.2) is 42.5 Å². The standard InChI is InChI=1S/C31H36F7NO3/c1-18(22-13-23(30(33,34)35)15-24(14-22)31(36,37)38)41-26-10-7-20(27(26)19-5-8-25(32)9-6-19)16-39-12-11-21(17-39)28(40)42-29(2,3)4/h5-6,8-9,13-15,18,20-21,26-27H,7,10-12,16-17H2,1-4H3/t18-,20?,21+,26?,27?/m0/s1. The molecule has 1 aliphatic heterocycles. The molecule has 11 heteroatoms. The fourth-order valence-electron chi connectivity index (χ4n) is 6.03. The second-order valence-corrected chi connectivity index (χ2v) is 12.3. The zero-order valence-electron chi connectivity index (χ0n) is 24.0. The van der Waals surface area contributed by atoms with Crippen LogP contribution in [0.1, 0.15) is 81.2 Å². The maximum Gasteiger partial charge on any atom is 0.416 e. The van der Waals surface area contributed by atoms with Gasteiger partial charge in [-0.15, -0.1) is 0 Å². The van der Waals surface area contributed by atoms with Gasteiger partial charge in [-0.1, -0.05) is 12.1 Å². The van der Waals surface area contributed by atoms with Gasteiger partial charge in [-0.05, 0) is 101 Å². The van der Waals surface area contributed by atoms with Crippen molar-refractivity contribution in [1.29, 1.82) is 0 Å². The van der Waals surface area contributed by atoms with Gasteiger partial charge in [0.25, 0.3) is 0 Å². The van der Waals surface area contributed by atoms with Crippen LogP contribution in [0, 0.1) is 17.7 Å². The molecule has 0 amide bonds. The average molecular weight is 604 g/mol. The molecule has 0 N–H and O–H groups in total. The fraction of sp³-hybridized carbons (Fsp3) is 0.581. The summed E-state index contributed by atoms with van der Waals surface area (Å²) in [5, 5.41) is 0. The Hall–Kier alpha value is -2.66. The summed E-state index contributed by atoms with van der Waals surface area (Å²) in [5.74, 6) is -1.20. The first-order valence-electron chi connectivity index (χ1n) is 14.1. The first-order valence-corrected chi connectivity index (χ1v) is 14.1. The van der Waals surface area contributed by atoms with Crippen LogP contribution in [-0.2, 0) is 26.6 Å². The Balaban J connectivity index is 1.54. The van der Waals surface area contributed by atoms with Gasteiger partial charge in [-0.2, -0.15) is 26.3 Å². The molecule has 232 valence electrons. The Labute approximate surface area is 241 Å². The number of hydrogen-bond donors (Lipinski definition) is 0. The molecule has 1 aliphatic carbocycles. The monoisotopic (exact) mass is 603 g/mol. The van der Waals surface area contributed by atoms with E-state index < -0.39 is 47.1 Å². The van der Waals surface area contributed by atoms with E-state index in [2.05, 4.69) is 4.90 Å². The van der Waals surface area contributed by atoms with Crippen molar-refractivity contribution >= 4 is 5.97 Å². The van der Waals surface area contributed by atoms with Crippen molar-refractivity contribution in [3.8, 4) is 0 Å². The number of likely N-dealkylation sites (tertiary alicyclic amines) is 1. The van der Waals surface area contributed by atoms with Gasteiger partial charge >= 0.3 is 18.3 Å². The summed E-state index contributed by atoms with van der Waals surface area (Å²) in [6.45, 7) is 8.69. The maximum absolute atomic E-state index is 13.8. The van der Waals surface area contributed by atoms with Crippen LogP contribution in [0.2, 0.25) is 0 Å². The third-order valence-electron chi connectivity index (χ3n) is 7.95. The molecule has 4 rings (SSSR count). The Kier molecular flexibility index (Phi) is 9.33. The molecule has 0 bridgehead atoms. The average Bonchev–Trinajstić information content (AvgIpc) is 3.50. The third-order valence-corrected chi connectivity index (χ3v) is 7.95. The first kappa shape index (κ1) is 32.3. The highest BCUT2D eigenvalue weighted by Crippen LogP contribution is 2.45. The Morgan fingerprint density at radius 3 is 2.07 bits per heavy atom. The molecular weight excluding hydrogens is 567 g/mol. The predicted octanol–water partition coefficient (Wildman–Crippen LogP) is 8.17. The second-order valence-electron chi connectivity index (χ2n) is 12.3. The summed E-state index contributed by atoms with van der Waals surface area (Å²) in [4.78, 5) is 14.8. The van der Waals surface area contributed by atoms with Gasteiger partial charge in [0.15, 0.2) is 0 Å². The molecule has 0 aromatic heterocycles. The number of rotatable bonds is 7. The van der Waals surface area contributed by atoms with Gasteiger partial charge < -0.3 is 14.4 Å². The number of halogens is 7. The lowest BCUT2D eigenvalue weighted by Crippen LogP contribution is -2.33. The second kappa shape index (κ2) is 12.1. The molecule has 2 fully saturated rings. The molecule has 0 spiro atoms. The van der Waals surface area contributed by atoms with E-state index in [1.54, 1.807) is 12.1 Å². The van der Waals surface area contributed by atoms with E-state index in [1.807, 2.05) is 20.8 Å². The van der Waals surface area contributed by atoms with Gasteiger partial charge in [-0.25, -0.2) is 4.39 Å². The lowest BCUT2D eigenvalue weighted by atomic mass is 9.87. The summed E-state index contributed by atoms with van der Waals surface area (Å²) in [5.41, 5.74) is -2.82. The van der Waals surface area contributed by atoms with E-state index in [0.29, 0.717) is 51.0 Å². The first-order chi connectivity index (χ1) is 19.4. The number of ether oxygens (including phenoxy) is 2. The predicted molar refractivity (Wildman–Crippen MR) is 142 cm³/mol.